The molecule has 4 heteroatoms. The lowest BCUT2D eigenvalue weighted by Gasteiger charge is -2.26. The summed E-state index contributed by atoms with van der Waals surface area (Å²) in [7, 11) is 0. The van der Waals surface area contributed by atoms with Crippen molar-refractivity contribution in [2.75, 3.05) is 26.2 Å². The summed E-state index contributed by atoms with van der Waals surface area (Å²) in [6, 6.07) is 1.91. The van der Waals surface area contributed by atoms with Crippen LogP contribution in [-0.4, -0.2) is 31.1 Å². The molecule has 16 heavy (non-hydrogen) atoms. The molecule has 1 aliphatic rings. The third kappa shape index (κ3) is 3.51. The highest BCUT2D eigenvalue weighted by molar-refractivity contribution is 6.29. The molecule has 1 N–H and O–H groups in total. The maximum atomic E-state index is 5.85. The van der Waals surface area contributed by atoms with E-state index in [9.17, 15) is 0 Å². The summed E-state index contributed by atoms with van der Waals surface area (Å²) in [6.45, 7) is 5.46. The lowest BCUT2D eigenvalue weighted by atomic mass is 10.1. The van der Waals surface area contributed by atoms with Gasteiger partial charge in [0.1, 0.15) is 0 Å². The van der Waals surface area contributed by atoms with Crippen LogP contribution < -0.4 is 5.32 Å². The first-order valence-corrected chi connectivity index (χ1v) is 6.39. The average molecular weight is 243 g/mol. The molecule has 0 aliphatic carbocycles. The fourth-order valence-corrected chi connectivity index (χ4v) is 2.27. The van der Waals surface area contributed by atoms with Crippen molar-refractivity contribution in [3.8, 4) is 0 Å². The molecule has 2 rings (SSSR count). The molecule has 1 aromatic rings. The highest BCUT2D eigenvalue weighted by Gasteiger charge is 2.09. The Hall–Kier alpha value is -0.510. The Morgan fingerprint density at radius 3 is 2.81 bits per heavy atom. The van der Waals surface area contributed by atoms with Crippen LogP contribution in [-0.2, 0) is 6.54 Å². The zero-order valence-corrected chi connectivity index (χ0v) is 10.3. The first-order valence-electron chi connectivity index (χ1n) is 6.01. The van der Waals surface area contributed by atoms with Crippen LogP contribution in [0, 0.1) is 0 Å². The molecule has 2 heterocycles. The molecule has 0 spiro atoms. The SMILES string of the molecule is Clc1occc1CNCCN1CCCCC1. The van der Waals surface area contributed by atoms with Crippen LogP contribution >= 0.6 is 11.6 Å². The molecule has 1 fully saturated rings. The van der Waals surface area contributed by atoms with Crippen LogP contribution in [0.4, 0.5) is 0 Å². The minimum absolute atomic E-state index is 0.505. The number of nitrogens with one attached hydrogen (secondary N) is 1. The van der Waals surface area contributed by atoms with Gasteiger partial charge in [0.05, 0.1) is 6.26 Å². The number of hydrogen-bond donors (Lipinski definition) is 1. The van der Waals surface area contributed by atoms with Crippen molar-refractivity contribution >= 4 is 11.6 Å². The zero-order valence-electron chi connectivity index (χ0n) is 9.54. The van der Waals surface area contributed by atoms with E-state index < -0.39 is 0 Å². The topological polar surface area (TPSA) is 28.4 Å². The van der Waals surface area contributed by atoms with Gasteiger partial charge in [0.2, 0.25) is 0 Å². The van der Waals surface area contributed by atoms with Crippen LogP contribution in [0.5, 0.6) is 0 Å². The van der Waals surface area contributed by atoms with Crippen molar-refractivity contribution in [2.45, 2.75) is 25.8 Å². The maximum Gasteiger partial charge on any atom is 0.197 e. The number of hydrogen-bond acceptors (Lipinski definition) is 3. The van der Waals surface area contributed by atoms with Crippen molar-refractivity contribution in [3.63, 3.8) is 0 Å². The fraction of sp³-hybridized carbons (Fsp3) is 0.667. The first kappa shape index (κ1) is 12.0. The Labute approximate surface area is 102 Å². The summed E-state index contributed by atoms with van der Waals surface area (Å²) in [5, 5.41) is 3.89. The summed E-state index contributed by atoms with van der Waals surface area (Å²) in [6.07, 6.45) is 5.74. The van der Waals surface area contributed by atoms with Crippen LogP contribution in [0.1, 0.15) is 24.8 Å². The van der Waals surface area contributed by atoms with Crippen LogP contribution in [0.15, 0.2) is 16.7 Å². The smallest absolute Gasteiger partial charge is 0.197 e. The van der Waals surface area contributed by atoms with E-state index in [1.165, 1.54) is 32.4 Å². The quantitative estimate of drug-likeness (QED) is 0.805. The van der Waals surface area contributed by atoms with E-state index in [0.717, 1.165) is 25.2 Å². The molecule has 1 aliphatic heterocycles. The lowest BCUT2D eigenvalue weighted by Crippen LogP contribution is -2.35. The van der Waals surface area contributed by atoms with Gasteiger partial charge in [-0.2, -0.15) is 0 Å². The Kier molecular flexibility index (Phi) is 4.69. The predicted octanol–water partition coefficient (Wildman–Crippen LogP) is 2.51. The van der Waals surface area contributed by atoms with Crippen molar-refractivity contribution in [2.24, 2.45) is 0 Å². The van der Waals surface area contributed by atoms with E-state index in [1.807, 2.05) is 6.07 Å². The number of furan rings is 1. The number of likely N-dealkylation sites (tertiary alicyclic amines) is 1. The van der Waals surface area contributed by atoms with Gasteiger partial charge in [-0.3, -0.25) is 0 Å². The van der Waals surface area contributed by atoms with Crippen LogP contribution in [0.3, 0.4) is 0 Å². The minimum Gasteiger partial charge on any atom is -0.453 e. The highest BCUT2D eigenvalue weighted by atomic mass is 35.5. The molecule has 0 amide bonds. The van der Waals surface area contributed by atoms with Gasteiger partial charge in [0, 0.05) is 25.2 Å². The molecule has 0 bridgehead atoms. The molecular formula is C12H19ClN2O. The van der Waals surface area contributed by atoms with Gasteiger partial charge in [-0.25, -0.2) is 0 Å². The number of rotatable bonds is 5. The van der Waals surface area contributed by atoms with Crippen LogP contribution in [0.25, 0.3) is 0 Å². The molecule has 90 valence electrons. The van der Waals surface area contributed by atoms with Gasteiger partial charge in [-0.15, -0.1) is 0 Å². The normalized spacial score (nSPS) is 17.8. The summed E-state index contributed by atoms with van der Waals surface area (Å²) < 4.78 is 5.03. The van der Waals surface area contributed by atoms with Crippen LogP contribution in [0.2, 0.25) is 5.22 Å². The molecular weight excluding hydrogens is 224 g/mol. The average Bonchev–Trinajstić information content (AvgIpc) is 2.72. The molecule has 0 unspecified atom stereocenters. The molecule has 0 saturated carbocycles. The predicted molar refractivity (Wildman–Crippen MR) is 65.7 cm³/mol. The third-order valence-electron chi connectivity index (χ3n) is 3.06. The van der Waals surface area contributed by atoms with E-state index in [4.69, 9.17) is 16.0 Å². The highest BCUT2D eigenvalue weighted by Crippen LogP contribution is 2.15. The van der Waals surface area contributed by atoms with Crippen molar-refractivity contribution in [1.82, 2.24) is 10.2 Å². The second kappa shape index (κ2) is 6.28. The summed E-state index contributed by atoms with van der Waals surface area (Å²) in [5.74, 6) is 0. The first-order chi connectivity index (χ1) is 7.86. The van der Waals surface area contributed by atoms with E-state index in [-0.39, 0.29) is 0 Å². The number of halogens is 1. The minimum atomic E-state index is 0.505. The molecule has 1 saturated heterocycles. The Morgan fingerprint density at radius 2 is 2.12 bits per heavy atom. The summed E-state index contributed by atoms with van der Waals surface area (Å²) in [4.78, 5) is 2.52. The van der Waals surface area contributed by atoms with E-state index >= 15 is 0 Å². The third-order valence-corrected chi connectivity index (χ3v) is 3.39. The molecule has 0 atom stereocenters. The number of nitrogens with zero attached hydrogens (tertiary/aromatic N) is 1. The summed E-state index contributed by atoms with van der Waals surface area (Å²) in [5.41, 5.74) is 1.04. The van der Waals surface area contributed by atoms with Crippen molar-refractivity contribution < 1.29 is 4.42 Å². The number of piperidine rings is 1. The largest absolute Gasteiger partial charge is 0.453 e. The fourth-order valence-electron chi connectivity index (χ4n) is 2.09. The second-order valence-corrected chi connectivity index (χ2v) is 4.64. The lowest BCUT2D eigenvalue weighted by molar-refractivity contribution is 0.229. The molecule has 0 radical (unpaired) electrons. The van der Waals surface area contributed by atoms with E-state index in [0.29, 0.717) is 5.22 Å². The maximum absolute atomic E-state index is 5.85. The molecule has 3 nitrogen and oxygen atoms in total. The van der Waals surface area contributed by atoms with E-state index in [1.54, 1.807) is 6.26 Å². The second-order valence-electron chi connectivity index (χ2n) is 4.30. The molecule has 0 aromatic carbocycles. The van der Waals surface area contributed by atoms with Gasteiger partial charge in [-0.1, -0.05) is 6.42 Å². The van der Waals surface area contributed by atoms with Gasteiger partial charge in [-0.05, 0) is 43.6 Å². The summed E-state index contributed by atoms with van der Waals surface area (Å²) >= 11 is 5.85. The monoisotopic (exact) mass is 242 g/mol. The van der Waals surface area contributed by atoms with Gasteiger partial charge >= 0.3 is 0 Å². The van der Waals surface area contributed by atoms with Gasteiger partial charge in [0.15, 0.2) is 5.22 Å². The van der Waals surface area contributed by atoms with Gasteiger partial charge in [0.25, 0.3) is 0 Å². The van der Waals surface area contributed by atoms with Gasteiger partial charge < -0.3 is 14.6 Å². The van der Waals surface area contributed by atoms with Crippen molar-refractivity contribution in [3.05, 3.63) is 23.1 Å². The zero-order chi connectivity index (χ0) is 11.2. The Morgan fingerprint density at radius 1 is 1.31 bits per heavy atom. The standard InChI is InChI=1S/C12H19ClN2O/c13-12-11(4-9-16-12)10-14-5-8-15-6-2-1-3-7-15/h4,9,14H,1-3,5-8,10H2. The Balaban J connectivity index is 1.59. The molecule has 1 aromatic heterocycles. The van der Waals surface area contributed by atoms with E-state index in [2.05, 4.69) is 10.2 Å². The van der Waals surface area contributed by atoms with Crippen molar-refractivity contribution in [1.29, 1.82) is 0 Å². The Bertz CT molecular complexity index is 308.